The molecule has 7 heteroatoms. The predicted molar refractivity (Wildman–Crippen MR) is 82.8 cm³/mol. The Hall–Kier alpha value is -2.44. The second-order valence-electron chi connectivity index (χ2n) is 4.42. The first-order valence-corrected chi connectivity index (χ1v) is 6.85. The van der Waals surface area contributed by atoms with Crippen LogP contribution in [0.4, 0.5) is 11.6 Å². The molecule has 2 aromatic rings. The minimum atomic E-state index is 0.567. The highest BCUT2D eigenvalue weighted by molar-refractivity contribution is 5.76. The zero-order chi connectivity index (χ0) is 15.4. The van der Waals surface area contributed by atoms with Gasteiger partial charge in [0.05, 0.1) is 14.2 Å². The molecule has 0 aliphatic heterocycles. The number of nitrogen functional groups attached to an aromatic ring is 1. The van der Waals surface area contributed by atoms with E-state index in [9.17, 15) is 0 Å². The number of nitrogens with zero attached hydrogens (tertiary/aromatic N) is 3. The van der Waals surface area contributed by atoms with Crippen LogP contribution in [0.3, 0.4) is 0 Å². The first-order chi connectivity index (χ1) is 10.2. The lowest BCUT2D eigenvalue weighted by Crippen LogP contribution is -2.07. The molecule has 0 aliphatic carbocycles. The summed E-state index contributed by atoms with van der Waals surface area (Å²) in [7, 11) is 3.17. The van der Waals surface area contributed by atoms with Crippen LogP contribution in [0.15, 0.2) is 12.1 Å². The molecule has 0 bridgehead atoms. The van der Waals surface area contributed by atoms with E-state index in [0.29, 0.717) is 23.0 Å². The second-order valence-corrected chi connectivity index (χ2v) is 4.42. The largest absolute Gasteiger partial charge is 0.493 e. The van der Waals surface area contributed by atoms with Crippen molar-refractivity contribution >= 4 is 11.6 Å². The van der Waals surface area contributed by atoms with Gasteiger partial charge in [-0.25, -0.2) is 0 Å². The van der Waals surface area contributed by atoms with Gasteiger partial charge in [0.25, 0.3) is 0 Å². The van der Waals surface area contributed by atoms with Gasteiger partial charge in [-0.3, -0.25) is 4.57 Å². The maximum atomic E-state index is 6.12. The van der Waals surface area contributed by atoms with Crippen molar-refractivity contribution in [3.05, 3.63) is 12.1 Å². The lowest BCUT2D eigenvalue weighted by atomic mass is 10.1. The van der Waals surface area contributed by atoms with Crippen molar-refractivity contribution in [2.24, 2.45) is 0 Å². The number of hydrogen-bond acceptors (Lipinski definition) is 6. The number of benzene rings is 1. The highest BCUT2D eigenvalue weighted by Crippen LogP contribution is 2.37. The van der Waals surface area contributed by atoms with E-state index in [4.69, 9.17) is 15.2 Å². The van der Waals surface area contributed by atoms with Crippen molar-refractivity contribution in [1.82, 2.24) is 14.8 Å². The molecular weight excluding hydrogens is 270 g/mol. The maximum absolute atomic E-state index is 6.12. The Labute approximate surface area is 124 Å². The lowest BCUT2D eigenvalue weighted by molar-refractivity contribution is 0.355. The van der Waals surface area contributed by atoms with E-state index >= 15 is 0 Å². The summed E-state index contributed by atoms with van der Waals surface area (Å²) in [6.45, 7) is 5.56. The zero-order valence-corrected chi connectivity index (χ0v) is 12.8. The first-order valence-electron chi connectivity index (χ1n) is 6.85. The van der Waals surface area contributed by atoms with Crippen LogP contribution in [0.25, 0.3) is 11.4 Å². The van der Waals surface area contributed by atoms with Crippen LogP contribution in [0.2, 0.25) is 0 Å². The second kappa shape index (κ2) is 6.34. The van der Waals surface area contributed by atoms with E-state index in [1.165, 1.54) is 0 Å². The third kappa shape index (κ3) is 2.72. The van der Waals surface area contributed by atoms with Gasteiger partial charge in [0.1, 0.15) is 0 Å². The van der Waals surface area contributed by atoms with Crippen LogP contribution in [0.1, 0.15) is 13.8 Å². The van der Waals surface area contributed by atoms with Gasteiger partial charge in [0.15, 0.2) is 17.3 Å². The molecule has 114 valence electrons. The third-order valence-corrected chi connectivity index (χ3v) is 3.20. The first kappa shape index (κ1) is 15.0. The summed E-state index contributed by atoms with van der Waals surface area (Å²) >= 11 is 0. The quantitative estimate of drug-likeness (QED) is 0.791. The van der Waals surface area contributed by atoms with Gasteiger partial charge in [0, 0.05) is 30.4 Å². The lowest BCUT2D eigenvalue weighted by Gasteiger charge is -2.13. The molecule has 1 aromatic heterocycles. The molecule has 0 amide bonds. The predicted octanol–water partition coefficient (Wildman–Crippen LogP) is 2.00. The minimum Gasteiger partial charge on any atom is -0.493 e. The molecule has 2 rings (SSSR count). The van der Waals surface area contributed by atoms with E-state index in [0.717, 1.165) is 24.6 Å². The molecule has 7 nitrogen and oxygen atoms in total. The van der Waals surface area contributed by atoms with E-state index in [1.807, 2.05) is 24.5 Å². The zero-order valence-electron chi connectivity index (χ0n) is 12.8. The van der Waals surface area contributed by atoms with Crippen LogP contribution in [-0.4, -0.2) is 35.5 Å². The number of rotatable bonds is 6. The number of hydrogen-bond donors (Lipinski definition) is 2. The molecule has 21 heavy (non-hydrogen) atoms. The van der Waals surface area contributed by atoms with Crippen molar-refractivity contribution in [3.8, 4) is 22.9 Å². The number of nitrogens with two attached hydrogens (primary N) is 1. The van der Waals surface area contributed by atoms with Crippen molar-refractivity contribution in [2.45, 2.75) is 20.4 Å². The van der Waals surface area contributed by atoms with E-state index in [-0.39, 0.29) is 0 Å². The van der Waals surface area contributed by atoms with Gasteiger partial charge in [0.2, 0.25) is 5.95 Å². The van der Waals surface area contributed by atoms with Crippen LogP contribution in [0, 0.1) is 0 Å². The normalized spacial score (nSPS) is 10.5. The molecule has 1 heterocycles. The summed E-state index contributed by atoms with van der Waals surface area (Å²) in [6.07, 6.45) is 0. The van der Waals surface area contributed by atoms with Crippen molar-refractivity contribution < 1.29 is 9.47 Å². The van der Waals surface area contributed by atoms with Crippen molar-refractivity contribution in [3.63, 3.8) is 0 Å². The highest BCUT2D eigenvalue weighted by atomic mass is 16.5. The molecule has 3 N–H and O–H groups in total. The monoisotopic (exact) mass is 291 g/mol. The Balaban J connectivity index is 2.56. The van der Waals surface area contributed by atoms with E-state index in [2.05, 4.69) is 15.5 Å². The topological polar surface area (TPSA) is 87.2 Å². The molecular formula is C14H21N5O2. The van der Waals surface area contributed by atoms with Gasteiger partial charge in [-0.2, -0.15) is 0 Å². The maximum Gasteiger partial charge on any atom is 0.224 e. The van der Waals surface area contributed by atoms with Crippen LogP contribution >= 0.6 is 0 Å². The fourth-order valence-electron chi connectivity index (χ4n) is 2.18. The summed E-state index contributed by atoms with van der Waals surface area (Å²) in [4.78, 5) is 0. The Morgan fingerprint density at radius 2 is 1.81 bits per heavy atom. The minimum absolute atomic E-state index is 0.567. The van der Waals surface area contributed by atoms with E-state index in [1.54, 1.807) is 20.3 Å². The van der Waals surface area contributed by atoms with E-state index < -0.39 is 0 Å². The Morgan fingerprint density at radius 1 is 1.14 bits per heavy atom. The standard InChI is InChI=1S/C14H21N5O2/c1-5-16-14-18-17-13(19(14)6-2)9-7-11(20-3)12(21-4)8-10(9)15/h7-8H,5-6,15H2,1-4H3,(H,16,18). The Morgan fingerprint density at radius 3 is 2.38 bits per heavy atom. The molecule has 0 saturated carbocycles. The number of methoxy groups -OCH3 is 2. The number of aromatic nitrogens is 3. The summed E-state index contributed by atoms with van der Waals surface area (Å²) in [6, 6.07) is 3.55. The Kier molecular flexibility index (Phi) is 4.52. The summed E-state index contributed by atoms with van der Waals surface area (Å²) in [5.41, 5.74) is 7.46. The number of ether oxygens (including phenoxy) is 2. The van der Waals surface area contributed by atoms with Crippen molar-refractivity contribution in [2.75, 3.05) is 31.8 Å². The van der Waals surface area contributed by atoms with Gasteiger partial charge in [-0.1, -0.05) is 0 Å². The summed E-state index contributed by atoms with van der Waals surface area (Å²) in [5, 5.41) is 11.6. The van der Waals surface area contributed by atoms with Crippen LogP contribution in [0.5, 0.6) is 11.5 Å². The van der Waals surface area contributed by atoms with Crippen LogP contribution < -0.4 is 20.5 Å². The molecule has 0 spiro atoms. The fourth-order valence-corrected chi connectivity index (χ4v) is 2.18. The molecule has 0 saturated heterocycles. The van der Waals surface area contributed by atoms with Crippen LogP contribution in [-0.2, 0) is 6.54 Å². The summed E-state index contributed by atoms with van der Waals surface area (Å²) < 4.78 is 12.5. The van der Waals surface area contributed by atoms with Gasteiger partial charge < -0.3 is 20.5 Å². The Bertz CT molecular complexity index is 624. The van der Waals surface area contributed by atoms with Gasteiger partial charge in [-0.15, -0.1) is 10.2 Å². The highest BCUT2D eigenvalue weighted by Gasteiger charge is 2.17. The average molecular weight is 291 g/mol. The molecule has 0 atom stereocenters. The van der Waals surface area contributed by atoms with Gasteiger partial charge >= 0.3 is 0 Å². The third-order valence-electron chi connectivity index (χ3n) is 3.20. The molecule has 0 unspecified atom stereocenters. The molecule has 1 aromatic carbocycles. The average Bonchev–Trinajstić information content (AvgIpc) is 2.89. The molecule has 0 aliphatic rings. The SMILES string of the molecule is CCNc1nnc(-c2cc(OC)c(OC)cc2N)n1CC. The van der Waals surface area contributed by atoms with Gasteiger partial charge in [-0.05, 0) is 19.9 Å². The summed E-state index contributed by atoms with van der Waals surface area (Å²) in [5.74, 6) is 2.63. The molecule has 0 fully saturated rings. The smallest absolute Gasteiger partial charge is 0.224 e. The van der Waals surface area contributed by atoms with Crippen molar-refractivity contribution in [1.29, 1.82) is 0 Å². The molecule has 0 radical (unpaired) electrons. The number of anilines is 2. The fraction of sp³-hybridized carbons (Fsp3) is 0.429. The number of nitrogens with one attached hydrogen (secondary N) is 1.